The van der Waals surface area contributed by atoms with Crippen molar-refractivity contribution in [2.75, 3.05) is 38.2 Å². The Hall–Kier alpha value is -1.11. The van der Waals surface area contributed by atoms with E-state index in [2.05, 4.69) is 0 Å². The summed E-state index contributed by atoms with van der Waals surface area (Å²) < 4.78 is 21.9. The summed E-state index contributed by atoms with van der Waals surface area (Å²) >= 11 is 0. The van der Waals surface area contributed by atoms with Gasteiger partial charge < -0.3 is 9.80 Å². The van der Waals surface area contributed by atoms with Crippen LogP contribution in [0, 0.1) is 0 Å². The average molecular weight is 276 g/mol. The monoisotopic (exact) mass is 276 g/mol. The molecule has 1 rings (SSSR count). The van der Waals surface area contributed by atoms with Crippen molar-refractivity contribution in [3.8, 4) is 0 Å². The zero-order chi connectivity index (χ0) is 13.8. The molecular formula is C11H20N2O4S. The van der Waals surface area contributed by atoms with Crippen molar-refractivity contribution >= 4 is 21.7 Å². The molecule has 1 saturated heterocycles. The van der Waals surface area contributed by atoms with E-state index in [0.717, 1.165) is 0 Å². The lowest BCUT2D eigenvalue weighted by Gasteiger charge is -2.34. The Balaban J connectivity index is 2.30. The van der Waals surface area contributed by atoms with Gasteiger partial charge in [0, 0.05) is 45.8 Å². The second-order valence-electron chi connectivity index (χ2n) is 4.62. The maximum Gasteiger partial charge on any atom is 0.222 e. The lowest BCUT2D eigenvalue weighted by molar-refractivity contribution is -0.138. The van der Waals surface area contributed by atoms with Gasteiger partial charge in [0.05, 0.1) is 5.75 Å². The highest BCUT2D eigenvalue weighted by Crippen LogP contribution is 2.06. The van der Waals surface area contributed by atoms with Crippen molar-refractivity contribution < 1.29 is 18.0 Å². The minimum Gasteiger partial charge on any atom is -0.339 e. The summed E-state index contributed by atoms with van der Waals surface area (Å²) in [5, 5.41) is 0. The SMILES string of the molecule is CC(=O)N1CCN(C(=O)CCCS(C)(=O)=O)CC1. The fraction of sp³-hybridized carbons (Fsp3) is 0.818. The molecule has 1 heterocycles. The van der Waals surface area contributed by atoms with Crippen molar-refractivity contribution in [2.24, 2.45) is 0 Å². The van der Waals surface area contributed by atoms with Crippen molar-refractivity contribution in [1.82, 2.24) is 9.80 Å². The van der Waals surface area contributed by atoms with Crippen LogP contribution in [0.25, 0.3) is 0 Å². The third kappa shape index (κ3) is 5.03. The van der Waals surface area contributed by atoms with E-state index < -0.39 is 9.84 Å². The summed E-state index contributed by atoms with van der Waals surface area (Å²) in [6.45, 7) is 3.72. The van der Waals surface area contributed by atoms with Crippen LogP contribution in [0.1, 0.15) is 19.8 Å². The minimum atomic E-state index is -2.99. The Morgan fingerprint density at radius 2 is 1.56 bits per heavy atom. The number of sulfone groups is 1. The van der Waals surface area contributed by atoms with E-state index >= 15 is 0 Å². The number of amides is 2. The number of hydrogen-bond acceptors (Lipinski definition) is 4. The first-order valence-electron chi connectivity index (χ1n) is 6.00. The molecule has 104 valence electrons. The number of nitrogens with zero attached hydrogens (tertiary/aromatic N) is 2. The lowest BCUT2D eigenvalue weighted by Crippen LogP contribution is -2.50. The Morgan fingerprint density at radius 3 is 2.00 bits per heavy atom. The molecule has 0 bridgehead atoms. The Morgan fingerprint density at radius 1 is 1.06 bits per heavy atom. The molecule has 0 aromatic rings. The quantitative estimate of drug-likeness (QED) is 0.694. The van der Waals surface area contributed by atoms with Crippen molar-refractivity contribution in [1.29, 1.82) is 0 Å². The summed E-state index contributed by atoms with van der Waals surface area (Å²) in [4.78, 5) is 26.3. The standard InChI is InChI=1S/C11H20N2O4S/c1-10(14)12-5-7-13(8-6-12)11(15)4-3-9-18(2,16)17/h3-9H2,1-2H3. The topological polar surface area (TPSA) is 74.8 Å². The molecule has 1 aliphatic rings. The molecule has 0 radical (unpaired) electrons. The van der Waals surface area contributed by atoms with Crippen LogP contribution in [0.4, 0.5) is 0 Å². The van der Waals surface area contributed by atoms with E-state index in [9.17, 15) is 18.0 Å². The smallest absolute Gasteiger partial charge is 0.222 e. The highest BCUT2D eigenvalue weighted by Gasteiger charge is 2.22. The Kier molecular flexibility index (Phi) is 5.13. The number of carbonyl (C=O) groups is 2. The summed E-state index contributed by atoms with van der Waals surface area (Å²) in [6, 6.07) is 0. The molecule has 6 nitrogen and oxygen atoms in total. The van der Waals surface area contributed by atoms with Gasteiger partial charge in [-0.3, -0.25) is 9.59 Å². The predicted molar refractivity (Wildman–Crippen MR) is 67.8 cm³/mol. The first-order valence-corrected chi connectivity index (χ1v) is 8.06. The zero-order valence-electron chi connectivity index (χ0n) is 10.9. The van der Waals surface area contributed by atoms with E-state index in [1.165, 1.54) is 13.2 Å². The maximum atomic E-state index is 11.8. The van der Waals surface area contributed by atoms with Crippen LogP contribution in [0.2, 0.25) is 0 Å². The van der Waals surface area contributed by atoms with Gasteiger partial charge in [-0.25, -0.2) is 8.42 Å². The predicted octanol–water partition coefficient (Wildman–Crippen LogP) is -0.498. The van der Waals surface area contributed by atoms with Crippen molar-refractivity contribution in [2.45, 2.75) is 19.8 Å². The van der Waals surface area contributed by atoms with Crippen LogP contribution in [0.5, 0.6) is 0 Å². The summed E-state index contributed by atoms with van der Waals surface area (Å²) in [6.07, 6.45) is 1.79. The zero-order valence-corrected chi connectivity index (χ0v) is 11.7. The maximum absolute atomic E-state index is 11.8. The largest absolute Gasteiger partial charge is 0.339 e. The molecule has 0 unspecified atom stereocenters. The van der Waals surface area contributed by atoms with Gasteiger partial charge in [0.15, 0.2) is 0 Å². The second-order valence-corrected chi connectivity index (χ2v) is 6.88. The highest BCUT2D eigenvalue weighted by atomic mass is 32.2. The van der Waals surface area contributed by atoms with Crippen LogP contribution >= 0.6 is 0 Å². The lowest BCUT2D eigenvalue weighted by atomic mass is 10.2. The Bertz CT molecular complexity index is 411. The van der Waals surface area contributed by atoms with E-state index in [0.29, 0.717) is 32.6 Å². The number of carbonyl (C=O) groups excluding carboxylic acids is 2. The summed E-state index contributed by atoms with van der Waals surface area (Å²) in [5.74, 6) is 0.0487. The fourth-order valence-electron chi connectivity index (χ4n) is 1.91. The molecule has 18 heavy (non-hydrogen) atoms. The molecule has 0 atom stereocenters. The highest BCUT2D eigenvalue weighted by molar-refractivity contribution is 7.90. The van der Waals surface area contributed by atoms with Crippen LogP contribution in [-0.2, 0) is 19.4 Å². The van der Waals surface area contributed by atoms with Crippen LogP contribution < -0.4 is 0 Å². The molecule has 2 amide bonds. The first kappa shape index (κ1) is 14.9. The van der Waals surface area contributed by atoms with Gasteiger partial charge in [-0.15, -0.1) is 0 Å². The third-order valence-corrected chi connectivity index (χ3v) is 4.01. The molecule has 7 heteroatoms. The van der Waals surface area contributed by atoms with Crippen LogP contribution in [0.15, 0.2) is 0 Å². The van der Waals surface area contributed by atoms with Gasteiger partial charge >= 0.3 is 0 Å². The van der Waals surface area contributed by atoms with Gasteiger partial charge in [-0.1, -0.05) is 0 Å². The normalized spacial score (nSPS) is 16.8. The van der Waals surface area contributed by atoms with Gasteiger partial charge in [0.1, 0.15) is 9.84 Å². The van der Waals surface area contributed by atoms with Crippen LogP contribution in [0.3, 0.4) is 0 Å². The molecule has 0 N–H and O–H groups in total. The summed E-state index contributed by atoms with van der Waals surface area (Å²) in [5.41, 5.74) is 0. The summed E-state index contributed by atoms with van der Waals surface area (Å²) in [7, 11) is -2.99. The Labute approximate surface area is 108 Å². The third-order valence-electron chi connectivity index (χ3n) is 2.98. The average Bonchev–Trinajstić information content (AvgIpc) is 2.27. The molecule has 0 saturated carbocycles. The number of hydrogen-bond donors (Lipinski definition) is 0. The van der Waals surface area contributed by atoms with E-state index in [1.54, 1.807) is 9.80 Å². The molecule has 1 fully saturated rings. The molecule has 0 aromatic carbocycles. The number of piperazine rings is 1. The molecule has 0 aromatic heterocycles. The van der Waals surface area contributed by atoms with Crippen molar-refractivity contribution in [3.05, 3.63) is 0 Å². The van der Waals surface area contributed by atoms with E-state index in [-0.39, 0.29) is 24.0 Å². The van der Waals surface area contributed by atoms with Gasteiger partial charge in [0.25, 0.3) is 0 Å². The molecular weight excluding hydrogens is 256 g/mol. The van der Waals surface area contributed by atoms with Gasteiger partial charge in [0.2, 0.25) is 11.8 Å². The van der Waals surface area contributed by atoms with E-state index in [4.69, 9.17) is 0 Å². The van der Waals surface area contributed by atoms with Crippen LogP contribution in [-0.4, -0.2) is 68.2 Å². The second kappa shape index (κ2) is 6.17. The fourth-order valence-corrected chi connectivity index (χ4v) is 2.58. The minimum absolute atomic E-state index is 0.0261. The number of rotatable bonds is 4. The van der Waals surface area contributed by atoms with Gasteiger partial charge in [-0.05, 0) is 6.42 Å². The van der Waals surface area contributed by atoms with E-state index in [1.807, 2.05) is 0 Å². The van der Waals surface area contributed by atoms with Gasteiger partial charge in [-0.2, -0.15) is 0 Å². The molecule has 0 aliphatic carbocycles. The van der Waals surface area contributed by atoms with Crippen molar-refractivity contribution in [3.63, 3.8) is 0 Å². The molecule has 0 spiro atoms. The molecule has 1 aliphatic heterocycles. The first-order chi connectivity index (χ1) is 8.29.